The number of amides is 1. The second-order valence-corrected chi connectivity index (χ2v) is 10.4. The van der Waals surface area contributed by atoms with Crippen molar-refractivity contribution in [3.05, 3.63) is 70.0 Å². The van der Waals surface area contributed by atoms with Crippen LogP contribution in [0.25, 0.3) is 11.2 Å². The summed E-state index contributed by atoms with van der Waals surface area (Å²) < 4.78 is 28.9. The summed E-state index contributed by atoms with van der Waals surface area (Å²) in [6.45, 7) is 6.60. The van der Waals surface area contributed by atoms with Crippen molar-refractivity contribution < 1.29 is 28.5 Å². The molecule has 15 nitrogen and oxygen atoms in total. The van der Waals surface area contributed by atoms with Crippen molar-refractivity contribution in [2.75, 3.05) is 72.2 Å². The molecular weight excluding hydrogens is 596 g/mol. The number of anilines is 1. The lowest BCUT2D eigenvalue weighted by atomic mass is 10.2. The van der Waals surface area contributed by atoms with E-state index in [4.69, 9.17) is 35.2 Å². The highest BCUT2D eigenvalue weighted by Gasteiger charge is 2.14. The van der Waals surface area contributed by atoms with Gasteiger partial charge >= 0.3 is 5.69 Å². The van der Waals surface area contributed by atoms with E-state index in [1.54, 1.807) is 31.1 Å². The van der Waals surface area contributed by atoms with Crippen molar-refractivity contribution in [3.63, 3.8) is 0 Å². The molecular formula is C31H42N8O7. The van der Waals surface area contributed by atoms with Gasteiger partial charge in [0.2, 0.25) is 11.8 Å². The van der Waals surface area contributed by atoms with Crippen LogP contribution in [0.3, 0.4) is 0 Å². The number of carbonyl (C=O) groups excluding carboxylic acids is 1. The molecule has 4 aromatic rings. The number of nitrogens with zero attached hydrogens (tertiary/aromatic N) is 5. The summed E-state index contributed by atoms with van der Waals surface area (Å²) in [5, 5.41) is 0. The van der Waals surface area contributed by atoms with Gasteiger partial charge in [-0.2, -0.15) is 0 Å². The number of imidazole rings is 1. The highest BCUT2D eigenvalue weighted by Crippen LogP contribution is 2.21. The molecule has 0 atom stereocenters. The molecule has 0 aliphatic carbocycles. The average Bonchev–Trinajstić information content (AvgIpc) is 3.35. The van der Waals surface area contributed by atoms with Crippen LogP contribution in [0.5, 0.6) is 11.6 Å². The number of rotatable bonds is 20. The molecule has 0 bridgehead atoms. The summed E-state index contributed by atoms with van der Waals surface area (Å²) in [5.74, 6) is 1.70. The molecule has 1 amide bonds. The minimum absolute atomic E-state index is 0.0169. The lowest BCUT2D eigenvalue weighted by molar-refractivity contribution is -0.131. The van der Waals surface area contributed by atoms with Gasteiger partial charge in [-0.3, -0.25) is 9.36 Å². The normalized spacial score (nSPS) is 11.3. The first-order chi connectivity index (χ1) is 22.3. The van der Waals surface area contributed by atoms with E-state index in [0.717, 1.165) is 11.1 Å². The van der Waals surface area contributed by atoms with Gasteiger partial charge in [-0.05, 0) is 30.2 Å². The zero-order valence-electron chi connectivity index (χ0n) is 26.3. The van der Waals surface area contributed by atoms with Gasteiger partial charge in [0.25, 0.3) is 0 Å². The molecule has 0 saturated heterocycles. The summed E-state index contributed by atoms with van der Waals surface area (Å²) in [4.78, 5) is 42.2. The fourth-order valence-electron chi connectivity index (χ4n) is 4.40. The third kappa shape index (κ3) is 10.6. The van der Waals surface area contributed by atoms with Gasteiger partial charge in [0, 0.05) is 32.4 Å². The number of aromatic amines is 1. The van der Waals surface area contributed by atoms with E-state index in [2.05, 4.69) is 19.9 Å². The first-order valence-corrected chi connectivity index (χ1v) is 15.0. The van der Waals surface area contributed by atoms with Crippen LogP contribution >= 0.6 is 0 Å². The van der Waals surface area contributed by atoms with E-state index in [1.165, 1.54) is 4.57 Å². The number of nitrogens with one attached hydrogen (secondary N) is 1. The van der Waals surface area contributed by atoms with Gasteiger partial charge in [-0.25, -0.2) is 19.7 Å². The number of benzene rings is 1. The Kier molecular flexibility index (Phi) is 13.4. The lowest BCUT2D eigenvalue weighted by Crippen LogP contribution is -2.27. The predicted molar refractivity (Wildman–Crippen MR) is 171 cm³/mol. The Hall–Kier alpha value is -4.41. The molecule has 15 heteroatoms. The summed E-state index contributed by atoms with van der Waals surface area (Å²) in [6.07, 6.45) is 1.92. The standard InChI is InChI=1S/C31H42N8O7/c1-22-35-29(33)28-30(36-22)39(31(41)37-28)21-24-5-8-26(34-19-24)46-25-6-3-23(4-7-25)20-38(2)27(40)9-11-42-13-15-44-17-18-45-16-14-43-12-10-32/h3-8,19H,9-18,20-21,32H2,1-2H3,(H,37,41)(H2,33,35,36). The second kappa shape index (κ2) is 17.9. The molecule has 5 N–H and O–H groups in total. The number of carbonyl (C=O) groups is 1. The molecule has 0 aliphatic heterocycles. The van der Waals surface area contributed by atoms with Gasteiger partial charge < -0.3 is 45.0 Å². The van der Waals surface area contributed by atoms with E-state index in [-0.39, 0.29) is 30.4 Å². The third-order valence-electron chi connectivity index (χ3n) is 6.73. The lowest BCUT2D eigenvalue weighted by Gasteiger charge is -2.17. The van der Waals surface area contributed by atoms with E-state index < -0.39 is 0 Å². The summed E-state index contributed by atoms with van der Waals surface area (Å²) >= 11 is 0. The van der Waals surface area contributed by atoms with E-state index >= 15 is 0 Å². The molecule has 46 heavy (non-hydrogen) atoms. The Morgan fingerprint density at radius 1 is 0.891 bits per heavy atom. The zero-order valence-corrected chi connectivity index (χ0v) is 26.3. The fourth-order valence-corrected chi connectivity index (χ4v) is 4.40. The number of aromatic nitrogens is 5. The maximum Gasteiger partial charge on any atom is 0.328 e. The number of pyridine rings is 1. The van der Waals surface area contributed by atoms with Crippen LogP contribution < -0.4 is 21.9 Å². The molecule has 0 radical (unpaired) electrons. The average molecular weight is 639 g/mol. The maximum absolute atomic E-state index is 12.5. The van der Waals surface area contributed by atoms with Crippen molar-refractivity contribution >= 4 is 22.9 Å². The second-order valence-electron chi connectivity index (χ2n) is 10.4. The van der Waals surface area contributed by atoms with Crippen LogP contribution in [0, 0.1) is 6.92 Å². The fraction of sp³-hybridized carbons (Fsp3) is 0.452. The van der Waals surface area contributed by atoms with E-state index in [1.807, 2.05) is 30.3 Å². The molecule has 0 aliphatic rings. The summed E-state index contributed by atoms with van der Waals surface area (Å²) in [7, 11) is 1.76. The van der Waals surface area contributed by atoms with Crippen LogP contribution in [0.1, 0.15) is 23.4 Å². The molecule has 0 unspecified atom stereocenters. The van der Waals surface area contributed by atoms with E-state index in [9.17, 15) is 9.59 Å². The van der Waals surface area contributed by atoms with Crippen LogP contribution in [-0.4, -0.2) is 102 Å². The number of hydrogen-bond acceptors (Lipinski definition) is 12. The van der Waals surface area contributed by atoms with Crippen molar-refractivity contribution in [3.8, 4) is 11.6 Å². The molecule has 0 fully saturated rings. The Morgan fingerprint density at radius 2 is 1.52 bits per heavy atom. The predicted octanol–water partition coefficient (Wildman–Crippen LogP) is 1.62. The highest BCUT2D eigenvalue weighted by molar-refractivity contribution is 5.81. The van der Waals surface area contributed by atoms with Gasteiger partial charge in [0.05, 0.1) is 65.8 Å². The molecule has 248 valence electrons. The van der Waals surface area contributed by atoms with Crippen LogP contribution in [0.15, 0.2) is 47.4 Å². The number of hydrogen-bond donors (Lipinski definition) is 3. The maximum atomic E-state index is 12.5. The molecule has 3 aromatic heterocycles. The molecule has 0 spiro atoms. The monoisotopic (exact) mass is 638 g/mol. The van der Waals surface area contributed by atoms with Crippen LogP contribution in [-0.2, 0) is 36.8 Å². The third-order valence-corrected chi connectivity index (χ3v) is 6.73. The van der Waals surface area contributed by atoms with Crippen molar-refractivity contribution in [1.82, 2.24) is 29.4 Å². The minimum Gasteiger partial charge on any atom is -0.439 e. The Morgan fingerprint density at radius 3 is 2.15 bits per heavy atom. The number of H-pyrrole nitrogens is 1. The molecule has 1 aromatic carbocycles. The SMILES string of the molecule is Cc1nc(N)c2[nH]c(=O)n(Cc3ccc(Oc4ccc(CN(C)C(=O)CCOCCOCCOCCOCCN)cc4)nc3)c2n1. The van der Waals surface area contributed by atoms with Gasteiger partial charge in [0.15, 0.2) is 11.5 Å². The number of nitrogen functional groups attached to an aromatic ring is 1. The number of fused-ring (bicyclic) bond motifs is 1. The van der Waals surface area contributed by atoms with Crippen molar-refractivity contribution in [1.29, 1.82) is 0 Å². The van der Waals surface area contributed by atoms with E-state index in [0.29, 0.717) is 94.6 Å². The van der Waals surface area contributed by atoms with Crippen molar-refractivity contribution in [2.24, 2.45) is 5.73 Å². The van der Waals surface area contributed by atoms with Gasteiger partial charge in [0.1, 0.15) is 17.1 Å². The zero-order chi connectivity index (χ0) is 32.7. The topological polar surface area (TPSA) is 195 Å². The number of ether oxygens (including phenoxy) is 5. The summed E-state index contributed by atoms with van der Waals surface area (Å²) in [5.41, 5.74) is 13.5. The smallest absolute Gasteiger partial charge is 0.328 e. The van der Waals surface area contributed by atoms with Crippen LogP contribution in [0.2, 0.25) is 0 Å². The van der Waals surface area contributed by atoms with Crippen molar-refractivity contribution in [2.45, 2.75) is 26.4 Å². The number of aryl methyl sites for hydroxylation is 1. The first-order valence-electron chi connectivity index (χ1n) is 15.0. The summed E-state index contributed by atoms with van der Waals surface area (Å²) in [6, 6.07) is 11.0. The quantitative estimate of drug-likeness (QED) is 0.119. The highest BCUT2D eigenvalue weighted by atomic mass is 16.6. The Balaban J connectivity index is 1.13. The largest absolute Gasteiger partial charge is 0.439 e. The molecule has 4 rings (SSSR count). The molecule has 3 heterocycles. The number of nitrogens with two attached hydrogens (primary N) is 2. The minimum atomic E-state index is -0.330. The first kappa shape index (κ1) is 34.5. The van der Waals surface area contributed by atoms with Crippen LogP contribution in [0.4, 0.5) is 5.82 Å². The molecule has 0 saturated carbocycles. The van der Waals surface area contributed by atoms with Gasteiger partial charge in [-0.15, -0.1) is 0 Å². The van der Waals surface area contributed by atoms with Gasteiger partial charge in [-0.1, -0.05) is 18.2 Å². The Labute approximate surface area is 266 Å². The Bertz CT molecular complexity index is 1580.